The molecule has 2 aromatic rings. The van der Waals surface area contributed by atoms with Gasteiger partial charge < -0.3 is 15.3 Å². The molecule has 3 rings (SSSR count). The number of aliphatic hydroxyl groups excluding tert-OH is 1. The predicted molar refractivity (Wildman–Crippen MR) is 91.6 cm³/mol. The van der Waals surface area contributed by atoms with Gasteiger partial charge in [0.1, 0.15) is 0 Å². The molecule has 0 aliphatic carbocycles. The van der Waals surface area contributed by atoms with Gasteiger partial charge in [0.2, 0.25) is 0 Å². The molecular weight excluding hydrogens is 296 g/mol. The number of nitrogens with zero attached hydrogens (tertiary/aromatic N) is 1. The fraction of sp³-hybridized carbons (Fsp3) is 0.333. The van der Waals surface area contributed by atoms with Crippen LogP contribution in [0.4, 0.5) is 5.69 Å². The topological polar surface area (TPSA) is 35.5 Å². The maximum absolute atomic E-state index is 10.7. The van der Waals surface area contributed by atoms with E-state index >= 15 is 0 Å². The standard InChI is InChI=1S/C18H21ClN2O/c1-20-12-17(22)18(13-5-3-2-4-6-13)21-10-9-14-11-15(19)7-8-16(14)21/h2-8,11,17-18,20,22H,9-10,12H2,1H3. The van der Waals surface area contributed by atoms with Crippen LogP contribution in [0.25, 0.3) is 0 Å². The second-order valence-electron chi connectivity index (χ2n) is 5.70. The second-order valence-corrected chi connectivity index (χ2v) is 6.13. The number of hydrogen-bond acceptors (Lipinski definition) is 3. The van der Waals surface area contributed by atoms with Gasteiger partial charge in [0.25, 0.3) is 0 Å². The maximum Gasteiger partial charge on any atom is 0.0909 e. The monoisotopic (exact) mass is 316 g/mol. The SMILES string of the molecule is CNCC(O)C(c1ccccc1)N1CCc2cc(Cl)ccc21. The first-order valence-electron chi connectivity index (χ1n) is 7.63. The average Bonchev–Trinajstić information content (AvgIpc) is 2.92. The highest BCUT2D eigenvalue weighted by atomic mass is 35.5. The number of rotatable bonds is 5. The lowest BCUT2D eigenvalue weighted by Crippen LogP contribution is -2.40. The van der Waals surface area contributed by atoms with Crippen LogP contribution in [-0.2, 0) is 6.42 Å². The van der Waals surface area contributed by atoms with Gasteiger partial charge in [-0.2, -0.15) is 0 Å². The largest absolute Gasteiger partial charge is 0.389 e. The summed E-state index contributed by atoms with van der Waals surface area (Å²) in [6.45, 7) is 1.45. The molecule has 1 heterocycles. The summed E-state index contributed by atoms with van der Waals surface area (Å²) >= 11 is 6.10. The Hall–Kier alpha value is -1.55. The molecule has 0 radical (unpaired) electrons. The highest BCUT2D eigenvalue weighted by Gasteiger charge is 2.31. The van der Waals surface area contributed by atoms with Gasteiger partial charge in [0.05, 0.1) is 12.1 Å². The fourth-order valence-electron chi connectivity index (χ4n) is 3.27. The van der Waals surface area contributed by atoms with Gasteiger partial charge in [-0.15, -0.1) is 0 Å². The number of anilines is 1. The van der Waals surface area contributed by atoms with E-state index in [2.05, 4.69) is 28.4 Å². The lowest BCUT2D eigenvalue weighted by Gasteiger charge is -2.34. The molecule has 3 nitrogen and oxygen atoms in total. The lowest BCUT2D eigenvalue weighted by molar-refractivity contribution is 0.141. The Balaban J connectivity index is 1.98. The van der Waals surface area contributed by atoms with Crippen LogP contribution >= 0.6 is 11.6 Å². The molecule has 0 amide bonds. The van der Waals surface area contributed by atoms with E-state index in [1.165, 1.54) is 11.3 Å². The number of benzene rings is 2. The molecule has 116 valence electrons. The number of halogens is 1. The molecule has 2 atom stereocenters. The fourth-order valence-corrected chi connectivity index (χ4v) is 3.46. The van der Waals surface area contributed by atoms with Gasteiger partial charge >= 0.3 is 0 Å². The van der Waals surface area contributed by atoms with Gasteiger partial charge in [-0.25, -0.2) is 0 Å². The Morgan fingerprint density at radius 2 is 2.00 bits per heavy atom. The van der Waals surface area contributed by atoms with E-state index in [9.17, 15) is 5.11 Å². The van der Waals surface area contributed by atoms with Crippen LogP contribution in [0.1, 0.15) is 17.2 Å². The van der Waals surface area contributed by atoms with Crippen molar-refractivity contribution in [2.24, 2.45) is 0 Å². The first kappa shape index (κ1) is 15.3. The molecule has 0 aromatic heterocycles. The summed E-state index contributed by atoms with van der Waals surface area (Å²) in [6, 6.07) is 16.2. The normalized spacial score (nSPS) is 16.4. The summed E-state index contributed by atoms with van der Waals surface area (Å²) in [5.41, 5.74) is 3.56. The van der Waals surface area contributed by atoms with Crippen LogP contribution in [0.15, 0.2) is 48.5 Å². The van der Waals surface area contributed by atoms with Crippen molar-refractivity contribution in [2.45, 2.75) is 18.6 Å². The highest BCUT2D eigenvalue weighted by Crippen LogP contribution is 2.37. The Kier molecular flexibility index (Phi) is 4.67. The minimum absolute atomic E-state index is 0.0592. The lowest BCUT2D eigenvalue weighted by atomic mass is 9.99. The number of aliphatic hydroxyl groups is 1. The van der Waals surface area contributed by atoms with Gasteiger partial charge in [-0.05, 0) is 42.8 Å². The molecule has 0 spiro atoms. The third-order valence-corrected chi connectivity index (χ3v) is 4.46. The summed E-state index contributed by atoms with van der Waals surface area (Å²) in [7, 11) is 1.86. The summed E-state index contributed by atoms with van der Waals surface area (Å²) in [4.78, 5) is 2.29. The highest BCUT2D eigenvalue weighted by molar-refractivity contribution is 6.30. The molecule has 0 bridgehead atoms. The molecule has 22 heavy (non-hydrogen) atoms. The zero-order chi connectivity index (χ0) is 15.5. The van der Waals surface area contributed by atoms with E-state index in [4.69, 9.17) is 11.6 Å². The van der Waals surface area contributed by atoms with Crippen LogP contribution in [0, 0.1) is 0 Å². The van der Waals surface area contributed by atoms with Crippen LogP contribution in [0.2, 0.25) is 5.02 Å². The summed E-state index contributed by atoms with van der Waals surface area (Å²) in [5.74, 6) is 0. The number of hydrogen-bond donors (Lipinski definition) is 2. The quantitative estimate of drug-likeness (QED) is 0.890. The Bertz CT molecular complexity index is 632. The first-order chi connectivity index (χ1) is 10.7. The third kappa shape index (κ3) is 2.98. The van der Waals surface area contributed by atoms with Crippen LogP contribution in [-0.4, -0.2) is 31.3 Å². The van der Waals surface area contributed by atoms with Crippen molar-refractivity contribution in [3.63, 3.8) is 0 Å². The van der Waals surface area contributed by atoms with Crippen LogP contribution < -0.4 is 10.2 Å². The summed E-state index contributed by atoms with van der Waals surface area (Å²) in [5, 5.41) is 14.5. The first-order valence-corrected chi connectivity index (χ1v) is 8.01. The van der Waals surface area contributed by atoms with Crippen molar-refractivity contribution in [1.82, 2.24) is 5.32 Å². The van der Waals surface area contributed by atoms with Crippen molar-refractivity contribution < 1.29 is 5.11 Å². The van der Waals surface area contributed by atoms with E-state index in [0.717, 1.165) is 23.6 Å². The van der Waals surface area contributed by atoms with Crippen molar-refractivity contribution >= 4 is 17.3 Å². The average molecular weight is 317 g/mol. The molecule has 1 aliphatic heterocycles. The minimum atomic E-state index is -0.478. The zero-order valence-corrected chi connectivity index (χ0v) is 13.4. The molecule has 1 aliphatic rings. The van der Waals surface area contributed by atoms with Gasteiger partial charge in [0.15, 0.2) is 0 Å². The Morgan fingerprint density at radius 1 is 1.23 bits per heavy atom. The maximum atomic E-state index is 10.7. The van der Waals surface area contributed by atoms with Crippen molar-refractivity contribution in [3.8, 4) is 0 Å². The molecule has 2 unspecified atom stereocenters. The molecule has 2 N–H and O–H groups in total. The molecular formula is C18H21ClN2O. The van der Waals surface area contributed by atoms with Gasteiger partial charge in [-0.3, -0.25) is 0 Å². The number of nitrogens with one attached hydrogen (secondary N) is 1. The molecule has 0 saturated carbocycles. The summed E-state index contributed by atoms with van der Waals surface area (Å²) in [6.07, 6.45) is 0.486. The number of fused-ring (bicyclic) bond motifs is 1. The smallest absolute Gasteiger partial charge is 0.0909 e. The van der Waals surface area contributed by atoms with Crippen molar-refractivity contribution in [3.05, 3.63) is 64.7 Å². The van der Waals surface area contributed by atoms with Crippen molar-refractivity contribution in [1.29, 1.82) is 0 Å². The molecule has 2 aromatic carbocycles. The zero-order valence-electron chi connectivity index (χ0n) is 12.7. The van der Waals surface area contributed by atoms with Gasteiger partial charge in [-0.1, -0.05) is 41.9 Å². The summed E-state index contributed by atoms with van der Waals surface area (Å²) < 4.78 is 0. The predicted octanol–water partition coefficient (Wildman–Crippen LogP) is 3.02. The molecule has 4 heteroatoms. The number of likely N-dealkylation sites (N-methyl/N-ethyl adjacent to an activating group) is 1. The van der Waals surface area contributed by atoms with E-state index in [-0.39, 0.29) is 6.04 Å². The minimum Gasteiger partial charge on any atom is -0.389 e. The molecule has 0 fully saturated rings. The van der Waals surface area contributed by atoms with E-state index < -0.39 is 6.10 Å². The molecule has 0 saturated heterocycles. The van der Waals surface area contributed by atoms with E-state index in [1.807, 2.05) is 37.4 Å². The van der Waals surface area contributed by atoms with E-state index in [1.54, 1.807) is 0 Å². The Labute approximate surface area is 136 Å². The van der Waals surface area contributed by atoms with E-state index in [0.29, 0.717) is 6.54 Å². The van der Waals surface area contributed by atoms with Crippen molar-refractivity contribution in [2.75, 3.05) is 25.0 Å². The Morgan fingerprint density at radius 3 is 2.73 bits per heavy atom. The van der Waals surface area contributed by atoms with Crippen LogP contribution in [0.5, 0.6) is 0 Å². The van der Waals surface area contributed by atoms with Crippen LogP contribution in [0.3, 0.4) is 0 Å². The third-order valence-electron chi connectivity index (χ3n) is 4.23. The van der Waals surface area contributed by atoms with Gasteiger partial charge in [0, 0.05) is 23.8 Å². The second kappa shape index (κ2) is 6.69.